The second-order valence-electron chi connectivity index (χ2n) is 8.23. The van der Waals surface area contributed by atoms with Crippen molar-refractivity contribution in [1.82, 2.24) is 9.88 Å². The van der Waals surface area contributed by atoms with E-state index in [-0.39, 0.29) is 11.9 Å². The minimum atomic E-state index is 0.0556. The minimum absolute atomic E-state index is 0.0556. The molecule has 0 bridgehead atoms. The predicted molar refractivity (Wildman–Crippen MR) is 123 cm³/mol. The Hall–Kier alpha value is -3.33. The molecule has 0 spiro atoms. The van der Waals surface area contributed by atoms with Gasteiger partial charge < -0.3 is 9.88 Å². The number of fused-ring (bicyclic) bond motifs is 1. The van der Waals surface area contributed by atoms with Gasteiger partial charge in [0.05, 0.1) is 6.04 Å². The van der Waals surface area contributed by atoms with E-state index in [1.165, 1.54) is 16.5 Å². The zero-order valence-electron chi connectivity index (χ0n) is 17.5. The molecular weight excluding hydrogens is 368 g/mol. The van der Waals surface area contributed by atoms with Crippen LogP contribution in [-0.4, -0.2) is 22.3 Å². The van der Waals surface area contributed by atoms with Crippen LogP contribution >= 0.6 is 0 Å². The van der Waals surface area contributed by atoms with E-state index in [4.69, 9.17) is 0 Å². The highest BCUT2D eigenvalue weighted by molar-refractivity contribution is 5.99. The topological polar surface area (TPSA) is 36.1 Å². The van der Waals surface area contributed by atoms with Crippen LogP contribution in [0.2, 0.25) is 0 Å². The summed E-state index contributed by atoms with van der Waals surface area (Å²) in [5.41, 5.74) is 7.74. The van der Waals surface area contributed by atoms with Gasteiger partial charge in [-0.3, -0.25) is 4.79 Å². The Balaban J connectivity index is 1.63. The van der Waals surface area contributed by atoms with Gasteiger partial charge in [0.2, 0.25) is 0 Å². The maximum atomic E-state index is 13.6. The SMILES string of the molecule is Cc1cccc(C(=O)N2CCCC2c2[nH]c3ccccc3c2-c2ccccc2)c1C. The lowest BCUT2D eigenvalue weighted by Gasteiger charge is -2.26. The highest BCUT2D eigenvalue weighted by Crippen LogP contribution is 2.42. The summed E-state index contributed by atoms with van der Waals surface area (Å²) < 4.78 is 0. The van der Waals surface area contributed by atoms with Crippen molar-refractivity contribution < 1.29 is 4.79 Å². The average Bonchev–Trinajstić information content (AvgIpc) is 3.40. The third-order valence-electron chi connectivity index (χ3n) is 6.48. The highest BCUT2D eigenvalue weighted by atomic mass is 16.2. The Kier molecular flexibility index (Phi) is 4.66. The van der Waals surface area contributed by atoms with Crippen molar-refractivity contribution in [2.24, 2.45) is 0 Å². The molecule has 1 aliphatic rings. The number of likely N-dealkylation sites (tertiary alicyclic amines) is 1. The molecule has 1 aliphatic heterocycles. The van der Waals surface area contributed by atoms with Gasteiger partial charge in [-0.15, -0.1) is 0 Å². The summed E-state index contributed by atoms with van der Waals surface area (Å²) in [6, 6.07) is 25.0. The first-order valence-corrected chi connectivity index (χ1v) is 10.7. The summed E-state index contributed by atoms with van der Waals surface area (Å²) in [4.78, 5) is 19.3. The van der Waals surface area contributed by atoms with Gasteiger partial charge in [0.25, 0.3) is 5.91 Å². The first-order valence-electron chi connectivity index (χ1n) is 10.7. The van der Waals surface area contributed by atoms with Gasteiger partial charge in [0, 0.05) is 34.3 Å². The fraction of sp³-hybridized carbons (Fsp3) is 0.222. The van der Waals surface area contributed by atoms with Crippen LogP contribution in [-0.2, 0) is 0 Å². The van der Waals surface area contributed by atoms with Crippen LogP contribution in [0.25, 0.3) is 22.0 Å². The monoisotopic (exact) mass is 394 g/mol. The van der Waals surface area contributed by atoms with Crippen LogP contribution in [0.4, 0.5) is 0 Å². The molecule has 3 aromatic carbocycles. The Morgan fingerprint density at radius 1 is 0.933 bits per heavy atom. The summed E-state index contributed by atoms with van der Waals surface area (Å²) in [6.07, 6.45) is 1.99. The van der Waals surface area contributed by atoms with E-state index in [9.17, 15) is 4.79 Å². The number of carbonyl (C=O) groups excluding carboxylic acids is 1. The number of hydrogen-bond acceptors (Lipinski definition) is 1. The van der Waals surface area contributed by atoms with Gasteiger partial charge in [-0.2, -0.15) is 0 Å². The molecule has 1 N–H and O–H groups in total. The van der Waals surface area contributed by atoms with Crippen LogP contribution in [0.5, 0.6) is 0 Å². The number of aryl methyl sites for hydroxylation is 1. The number of nitrogens with zero attached hydrogens (tertiary/aromatic N) is 1. The number of amides is 1. The summed E-state index contributed by atoms with van der Waals surface area (Å²) >= 11 is 0. The first kappa shape index (κ1) is 18.7. The van der Waals surface area contributed by atoms with Gasteiger partial charge in [-0.1, -0.05) is 60.7 Å². The highest BCUT2D eigenvalue weighted by Gasteiger charge is 2.34. The molecule has 1 fully saturated rings. The quantitative estimate of drug-likeness (QED) is 0.427. The van der Waals surface area contributed by atoms with Crippen LogP contribution < -0.4 is 0 Å². The number of aromatic nitrogens is 1. The lowest BCUT2D eigenvalue weighted by molar-refractivity contribution is 0.0733. The van der Waals surface area contributed by atoms with Crippen molar-refractivity contribution in [2.75, 3.05) is 6.54 Å². The summed E-state index contributed by atoms with van der Waals surface area (Å²) in [5, 5.41) is 1.21. The molecule has 5 rings (SSSR count). The maximum Gasteiger partial charge on any atom is 0.254 e. The molecule has 0 radical (unpaired) electrons. The van der Waals surface area contributed by atoms with Crippen LogP contribution in [0.3, 0.4) is 0 Å². The van der Waals surface area contributed by atoms with E-state index in [0.29, 0.717) is 0 Å². The fourth-order valence-electron chi connectivity index (χ4n) is 4.78. The number of H-pyrrole nitrogens is 1. The molecular formula is C27H26N2O. The molecule has 2 heterocycles. The molecule has 1 unspecified atom stereocenters. The number of carbonyl (C=O) groups is 1. The van der Waals surface area contributed by atoms with Gasteiger partial charge in [-0.05, 0) is 55.5 Å². The summed E-state index contributed by atoms with van der Waals surface area (Å²) in [5.74, 6) is 0.136. The van der Waals surface area contributed by atoms with Crippen molar-refractivity contribution >= 4 is 16.8 Å². The number of rotatable bonds is 3. The smallest absolute Gasteiger partial charge is 0.254 e. The predicted octanol–water partition coefficient (Wildman–Crippen LogP) is 6.43. The van der Waals surface area contributed by atoms with Crippen LogP contribution in [0.1, 0.15) is 46.1 Å². The van der Waals surface area contributed by atoms with E-state index in [1.807, 2.05) is 25.1 Å². The third-order valence-corrected chi connectivity index (χ3v) is 6.48. The van der Waals surface area contributed by atoms with Gasteiger partial charge in [-0.25, -0.2) is 0 Å². The molecule has 0 aliphatic carbocycles. The number of nitrogens with one attached hydrogen (secondary N) is 1. The van der Waals surface area contributed by atoms with E-state index in [0.717, 1.165) is 47.3 Å². The Bertz CT molecular complexity index is 1220. The molecule has 150 valence electrons. The lowest BCUT2D eigenvalue weighted by Crippen LogP contribution is -2.31. The minimum Gasteiger partial charge on any atom is -0.356 e. The number of para-hydroxylation sites is 1. The zero-order chi connectivity index (χ0) is 20.7. The van der Waals surface area contributed by atoms with E-state index >= 15 is 0 Å². The van der Waals surface area contributed by atoms with Crippen molar-refractivity contribution in [3.05, 3.63) is 95.2 Å². The molecule has 0 saturated carbocycles. The Morgan fingerprint density at radius 2 is 1.70 bits per heavy atom. The zero-order valence-corrected chi connectivity index (χ0v) is 17.5. The van der Waals surface area contributed by atoms with Gasteiger partial charge in [0.1, 0.15) is 0 Å². The second-order valence-corrected chi connectivity index (χ2v) is 8.23. The van der Waals surface area contributed by atoms with Crippen LogP contribution in [0.15, 0.2) is 72.8 Å². The van der Waals surface area contributed by atoms with E-state index < -0.39 is 0 Å². The van der Waals surface area contributed by atoms with Crippen LogP contribution in [0, 0.1) is 13.8 Å². The van der Waals surface area contributed by atoms with Crippen molar-refractivity contribution in [3.8, 4) is 11.1 Å². The molecule has 1 amide bonds. The largest absolute Gasteiger partial charge is 0.356 e. The number of benzene rings is 3. The molecule has 3 heteroatoms. The standard InChI is InChI=1S/C27H26N2O/c1-18-10-8-14-21(19(18)2)27(30)29-17-9-16-24(29)26-25(20-11-4-3-5-12-20)22-13-6-7-15-23(22)28-26/h3-8,10-15,24,28H,9,16-17H2,1-2H3. The third kappa shape index (κ3) is 3.02. The maximum absolute atomic E-state index is 13.6. The molecule has 3 nitrogen and oxygen atoms in total. The fourth-order valence-corrected chi connectivity index (χ4v) is 4.78. The van der Waals surface area contributed by atoms with Crippen molar-refractivity contribution in [1.29, 1.82) is 0 Å². The molecule has 4 aromatic rings. The van der Waals surface area contributed by atoms with Crippen molar-refractivity contribution in [3.63, 3.8) is 0 Å². The average molecular weight is 395 g/mol. The van der Waals surface area contributed by atoms with E-state index in [1.54, 1.807) is 0 Å². The van der Waals surface area contributed by atoms with Gasteiger partial charge in [0.15, 0.2) is 0 Å². The van der Waals surface area contributed by atoms with E-state index in [2.05, 4.69) is 71.4 Å². The summed E-state index contributed by atoms with van der Waals surface area (Å²) in [6.45, 7) is 4.91. The van der Waals surface area contributed by atoms with Gasteiger partial charge >= 0.3 is 0 Å². The molecule has 1 aromatic heterocycles. The van der Waals surface area contributed by atoms with Crippen molar-refractivity contribution in [2.45, 2.75) is 32.7 Å². The number of aromatic amines is 1. The summed E-state index contributed by atoms with van der Waals surface area (Å²) in [7, 11) is 0. The first-order chi connectivity index (χ1) is 14.6. The normalized spacial score (nSPS) is 16.3. The Labute approximate surface area is 177 Å². The molecule has 1 atom stereocenters. The number of hydrogen-bond donors (Lipinski definition) is 1. The second kappa shape index (κ2) is 7.49. The molecule has 30 heavy (non-hydrogen) atoms. The molecule has 1 saturated heterocycles. The lowest BCUT2D eigenvalue weighted by atomic mass is 9.97. The Morgan fingerprint density at radius 3 is 2.53 bits per heavy atom.